The molecule has 2 aliphatic rings. The summed E-state index contributed by atoms with van der Waals surface area (Å²) in [6.45, 7) is 4.25. The van der Waals surface area contributed by atoms with Crippen LogP contribution in [0.15, 0.2) is 0 Å². The number of carboxylic acids is 1. The fourth-order valence-corrected chi connectivity index (χ4v) is 2.63. The van der Waals surface area contributed by atoms with Gasteiger partial charge in [-0.25, -0.2) is 0 Å². The van der Waals surface area contributed by atoms with Crippen molar-refractivity contribution in [2.24, 2.45) is 0 Å². The normalized spacial score (nSPS) is 24.9. The lowest BCUT2D eigenvalue weighted by Gasteiger charge is -2.49. The first-order valence-corrected chi connectivity index (χ1v) is 5.80. The molecular formula is C11H18N2O3. The van der Waals surface area contributed by atoms with Crippen LogP contribution in [-0.2, 0) is 9.59 Å². The van der Waals surface area contributed by atoms with Crippen LogP contribution in [0.4, 0.5) is 0 Å². The second kappa shape index (κ2) is 4.05. The lowest BCUT2D eigenvalue weighted by molar-refractivity contribution is -0.161. The molecule has 1 heterocycles. The van der Waals surface area contributed by atoms with Gasteiger partial charge in [0.25, 0.3) is 0 Å². The molecular weight excluding hydrogens is 208 g/mol. The van der Waals surface area contributed by atoms with E-state index < -0.39 is 11.5 Å². The molecule has 0 spiro atoms. The summed E-state index contributed by atoms with van der Waals surface area (Å²) < 4.78 is 0. The molecule has 1 aliphatic carbocycles. The maximum Gasteiger partial charge on any atom is 0.324 e. The van der Waals surface area contributed by atoms with Gasteiger partial charge in [0, 0.05) is 33.1 Å². The minimum absolute atomic E-state index is 0.0811. The molecule has 0 aromatic carbocycles. The van der Waals surface area contributed by atoms with Gasteiger partial charge in [-0.3, -0.25) is 14.5 Å². The van der Waals surface area contributed by atoms with E-state index >= 15 is 0 Å². The Morgan fingerprint density at radius 1 is 1.12 bits per heavy atom. The van der Waals surface area contributed by atoms with Crippen molar-refractivity contribution in [2.75, 3.05) is 26.2 Å². The molecule has 90 valence electrons. The third-order valence-corrected chi connectivity index (χ3v) is 3.91. The van der Waals surface area contributed by atoms with E-state index in [-0.39, 0.29) is 5.91 Å². The summed E-state index contributed by atoms with van der Waals surface area (Å²) in [4.78, 5) is 26.3. The molecule has 0 aromatic rings. The van der Waals surface area contributed by atoms with E-state index in [1.807, 2.05) is 4.90 Å². The molecule has 0 radical (unpaired) electrons. The molecule has 0 bridgehead atoms. The highest BCUT2D eigenvalue weighted by Gasteiger charge is 2.49. The van der Waals surface area contributed by atoms with Gasteiger partial charge in [0.2, 0.25) is 5.91 Å². The average Bonchev–Trinajstić information content (AvgIpc) is 2.16. The Morgan fingerprint density at radius 3 is 2.00 bits per heavy atom. The van der Waals surface area contributed by atoms with Crippen LogP contribution >= 0.6 is 0 Å². The van der Waals surface area contributed by atoms with E-state index in [2.05, 4.69) is 0 Å². The number of carbonyl (C=O) groups excluding carboxylic acids is 1. The fraction of sp³-hybridized carbons (Fsp3) is 0.818. The van der Waals surface area contributed by atoms with Crippen molar-refractivity contribution in [3.05, 3.63) is 0 Å². The number of hydrogen-bond donors (Lipinski definition) is 1. The highest BCUT2D eigenvalue weighted by Crippen LogP contribution is 2.38. The van der Waals surface area contributed by atoms with E-state index in [0.717, 1.165) is 19.3 Å². The van der Waals surface area contributed by atoms with Crippen LogP contribution in [0.3, 0.4) is 0 Å². The molecule has 5 nitrogen and oxygen atoms in total. The first-order chi connectivity index (χ1) is 7.56. The summed E-state index contributed by atoms with van der Waals surface area (Å²) >= 11 is 0. The molecule has 5 heteroatoms. The average molecular weight is 226 g/mol. The minimum atomic E-state index is -0.699. The van der Waals surface area contributed by atoms with Gasteiger partial charge in [0.05, 0.1) is 0 Å². The first-order valence-electron chi connectivity index (χ1n) is 5.80. The van der Waals surface area contributed by atoms with Crippen LogP contribution in [0, 0.1) is 0 Å². The summed E-state index contributed by atoms with van der Waals surface area (Å²) in [6.07, 6.45) is 2.50. The zero-order valence-corrected chi connectivity index (χ0v) is 9.61. The summed E-state index contributed by atoms with van der Waals surface area (Å²) in [7, 11) is 0. The zero-order chi connectivity index (χ0) is 11.8. The molecule has 16 heavy (non-hydrogen) atoms. The Bertz CT molecular complexity index is 304. The lowest BCUT2D eigenvalue weighted by atomic mass is 9.75. The van der Waals surface area contributed by atoms with Gasteiger partial charge in [-0.05, 0) is 19.3 Å². The molecule has 1 saturated carbocycles. The number of aliphatic carboxylic acids is 1. The lowest BCUT2D eigenvalue weighted by Crippen LogP contribution is -2.64. The highest BCUT2D eigenvalue weighted by atomic mass is 16.4. The van der Waals surface area contributed by atoms with E-state index in [9.17, 15) is 14.7 Å². The second-order valence-corrected chi connectivity index (χ2v) is 4.68. The number of amides is 1. The summed E-state index contributed by atoms with van der Waals surface area (Å²) in [6, 6.07) is 0. The molecule has 0 atom stereocenters. The maximum atomic E-state index is 11.3. The van der Waals surface area contributed by atoms with Gasteiger partial charge >= 0.3 is 5.97 Å². The molecule has 0 unspecified atom stereocenters. The summed E-state index contributed by atoms with van der Waals surface area (Å²) in [5, 5.41) is 9.29. The van der Waals surface area contributed by atoms with Gasteiger partial charge in [-0.15, -0.1) is 0 Å². The van der Waals surface area contributed by atoms with Crippen molar-refractivity contribution in [3.63, 3.8) is 0 Å². The minimum Gasteiger partial charge on any atom is -0.480 e. The van der Waals surface area contributed by atoms with Crippen molar-refractivity contribution in [3.8, 4) is 0 Å². The van der Waals surface area contributed by atoms with Crippen LogP contribution in [-0.4, -0.2) is 58.5 Å². The van der Waals surface area contributed by atoms with Gasteiger partial charge in [-0.2, -0.15) is 0 Å². The number of nitrogens with zero attached hydrogens (tertiary/aromatic N) is 2. The number of carboxylic acid groups (broad SMARTS) is 1. The Kier molecular flexibility index (Phi) is 2.88. The van der Waals surface area contributed by atoms with Crippen molar-refractivity contribution in [1.29, 1.82) is 0 Å². The molecule has 2 fully saturated rings. The van der Waals surface area contributed by atoms with Gasteiger partial charge in [0.15, 0.2) is 0 Å². The molecule has 2 rings (SSSR count). The summed E-state index contributed by atoms with van der Waals surface area (Å²) in [5.74, 6) is -0.618. The smallest absolute Gasteiger partial charge is 0.324 e. The van der Waals surface area contributed by atoms with E-state index in [1.165, 1.54) is 0 Å². The van der Waals surface area contributed by atoms with Gasteiger partial charge in [-0.1, -0.05) is 0 Å². The molecule has 1 amide bonds. The van der Waals surface area contributed by atoms with Crippen molar-refractivity contribution < 1.29 is 14.7 Å². The quantitative estimate of drug-likeness (QED) is 0.728. The predicted octanol–water partition coefficient (Wildman–Crippen LogP) is 0.158. The van der Waals surface area contributed by atoms with Crippen LogP contribution in [0.1, 0.15) is 26.2 Å². The van der Waals surface area contributed by atoms with Crippen LogP contribution in [0.5, 0.6) is 0 Å². The standard InChI is InChI=1S/C11H18N2O3/c1-9(14)12-5-7-13(8-6-12)11(10(15)16)3-2-4-11/h2-8H2,1H3,(H,15,16). The Balaban J connectivity index is 1.98. The van der Waals surface area contributed by atoms with E-state index in [0.29, 0.717) is 26.2 Å². The Hall–Kier alpha value is -1.10. The monoisotopic (exact) mass is 226 g/mol. The predicted molar refractivity (Wildman–Crippen MR) is 58.0 cm³/mol. The van der Waals surface area contributed by atoms with Crippen LogP contribution in [0.25, 0.3) is 0 Å². The fourth-order valence-electron chi connectivity index (χ4n) is 2.63. The first kappa shape index (κ1) is 11.4. The van der Waals surface area contributed by atoms with Crippen molar-refractivity contribution in [1.82, 2.24) is 9.80 Å². The Labute approximate surface area is 95.0 Å². The van der Waals surface area contributed by atoms with Crippen LogP contribution < -0.4 is 0 Å². The zero-order valence-electron chi connectivity index (χ0n) is 9.61. The number of hydrogen-bond acceptors (Lipinski definition) is 3. The molecule has 1 saturated heterocycles. The topological polar surface area (TPSA) is 60.9 Å². The van der Waals surface area contributed by atoms with Gasteiger partial charge < -0.3 is 10.0 Å². The number of piperazine rings is 1. The van der Waals surface area contributed by atoms with E-state index in [1.54, 1.807) is 11.8 Å². The summed E-state index contributed by atoms with van der Waals surface area (Å²) in [5.41, 5.74) is -0.622. The van der Waals surface area contributed by atoms with Gasteiger partial charge in [0.1, 0.15) is 5.54 Å². The SMILES string of the molecule is CC(=O)N1CCN(C2(C(=O)O)CCC2)CC1. The molecule has 0 aromatic heterocycles. The maximum absolute atomic E-state index is 11.3. The third-order valence-electron chi connectivity index (χ3n) is 3.91. The van der Waals surface area contributed by atoms with Crippen LogP contribution in [0.2, 0.25) is 0 Å². The Morgan fingerprint density at radius 2 is 1.69 bits per heavy atom. The number of carbonyl (C=O) groups is 2. The van der Waals surface area contributed by atoms with E-state index in [4.69, 9.17) is 0 Å². The third kappa shape index (κ3) is 1.69. The molecule has 1 N–H and O–H groups in total. The largest absolute Gasteiger partial charge is 0.480 e. The van der Waals surface area contributed by atoms with Crippen molar-refractivity contribution >= 4 is 11.9 Å². The highest BCUT2D eigenvalue weighted by molar-refractivity contribution is 5.80. The second-order valence-electron chi connectivity index (χ2n) is 4.68. The molecule has 1 aliphatic heterocycles. The number of rotatable bonds is 2. The van der Waals surface area contributed by atoms with Crippen molar-refractivity contribution in [2.45, 2.75) is 31.7 Å².